The Morgan fingerprint density at radius 2 is 1.65 bits per heavy atom. The molecule has 0 saturated heterocycles. The number of hydrogen-bond acceptors (Lipinski definition) is 4. The van der Waals surface area contributed by atoms with Gasteiger partial charge in [-0.05, 0) is 48.4 Å². The summed E-state index contributed by atoms with van der Waals surface area (Å²) in [5.41, 5.74) is 3.66. The Morgan fingerprint density at radius 1 is 1.10 bits per heavy atom. The molecule has 100 valence electrons. The standard InChI is InChI=1S/C16H14N2O2/c1-12(20)18-16-8-4-14(5-9-16)10-13-2-6-15(7-3-13)17-11-19/h2-9,18,20H,1,10H2. The van der Waals surface area contributed by atoms with Gasteiger partial charge in [0.05, 0.1) is 5.69 Å². The number of aliphatic hydroxyl groups is 1. The largest absolute Gasteiger partial charge is 0.495 e. The molecule has 0 atom stereocenters. The lowest BCUT2D eigenvalue weighted by atomic mass is 10.0. The van der Waals surface area contributed by atoms with Crippen molar-refractivity contribution in [2.45, 2.75) is 6.42 Å². The lowest BCUT2D eigenvalue weighted by Gasteiger charge is -2.06. The van der Waals surface area contributed by atoms with Crippen LogP contribution >= 0.6 is 0 Å². The average molecular weight is 266 g/mol. The average Bonchev–Trinajstić information content (AvgIpc) is 2.43. The van der Waals surface area contributed by atoms with Crippen LogP contribution in [0.1, 0.15) is 11.1 Å². The second-order valence-electron chi connectivity index (χ2n) is 4.31. The highest BCUT2D eigenvalue weighted by atomic mass is 16.3. The van der Waals surface area contributed by atoms with Crippen molar-refractivity contribution in [3.05, 3.63) is 72.1 Å². The Balaban J connectivity index is 2.05. The van der Waals surface area contributed by atoms with Gasteiger partial charge in [-0.2, -0.15) is 4.99 Å². The van der Waals surface area contributed by atoms with E-state index in [-0.39, 0.29) is 5.88 Å². The van der Waals surface area contributed by atoms with Crippen LogP contribution in [0.3, 0.4) is 0 Å². The van der Waals surface area contributed by atoms with Crippen molar-refractivity contribution in [1.29, 1.82) is 0 Å². The first-order chi connectivity index (χ1) is 9.67. The number of hydrogen-bond donors (Lipinski definition) is 2. The molecule has 0 fully saturated rings. The van der Waals surface area contributed by atoms with Crippen molar-refractivity contribution >= 4 is 17.5 Å². The van der Waals surface area contributed by atoms with E-state index in [1.165, 1.54) is 6.08 Å². The second kappa shape index (κ2) is 6.36. The monoisotopic (exact) mass is 266 g/mol. The third-order valence-electron chi connectivity index (χ3n) is 2.76. The number of nitrogens with zero attached hydrogens (tertiary/aromatic N) is 1. The summed E-state index contributed by atoms with van der Waals surface area (Å²) in [6.45, 7) is 3.37. The van der Waals surface area contributed by atoms with Crippen LogP contribution in [0.25, 0.3) is 0 Å². The van der Waals surface area contributed by atoms with Gasteiger partial charge in [-0.15, -0.1) is 0 Å². The zero-order valence-electron chi connectivity index (χ0n) is 10.8. The number of isocyanates is 1. The molecule has 2 N–H and O–H groups in total. The first-order valence-electron chi connectivity index (χ1n) is 6.08. The molecule has 0 spiro atoms. The molecule has 0 aliphatic carbocycles. The molecule has 0 saturated carbocycles. The minimum absolute atomic E-state index is 0.0796. The van der Waals surface area contributed by atoms with Crippen LogP contribution in [-0.2, 0) is 11.2 Å². The fourth-order valence-electron chi connectivity index (χ4n) is 1.85. The van der Waals surface area contributed by atoms with Crippen molar-refractivity contribution in [2.75, 3.05) is 5.32 Å². The van der Waals surface area contributed by atoms with E-state index in [1.54, 1.807) is 12.1 Å². The van der Waals surface area contributed by atoms with Gasteiger partial charge < -0.3 is 10.4 Å². The molecule has 2 aromatic carbocycles. The fraction of sp³-hybridized carbons (Fsp3) is 0.0625. The number of nitrogens with one attached hydrogen (secondary N) is 1. The third-order valence-corrected chi connectivity index (χ3v) is 2.76. The Labute approximate surface area is 117 Å². The summed E-state index contributed by atoms with van der Waals surface area (Å²) in [7, 11) is 0. The summed E-state index contributed by atoms with van der Waals surface area (Å²) in [6.07, 6.45) is 2.30. The summed E-state index contributed by atoms with van der Waals surface area (Å²) in [4.78, 5) is 13.7. The van der Waals surface area contributed by atoms with Gasteiger partial charge in [0.1, 0.15) is 0 Å². The Hall–Kier alpha value is -2.84. The highest BCUT2D eigenvalue weighted by Gasteiger charge is 1.98. The molecule has 2 aromatic rings. The van der Waals surface area contributed by atoms with E-state index >= 15 is 0 Å². The maximum Gasteiger partial charge on any atom is 0.240 e. The summed E-state index contributed by atoms with van der Waals surface area (Å²) in [5.74, 6) is -0.0796. The Kier molecular flexibility index (Phi) is 4.32. The van der Waals surface area contributed by atoms with Crippen LogP contribution in [0, 0.1) is 0 Å². The van der Waals surface area contributed by atoms with Crippen molar-refractivity contribution in [2.24, 2.45) is 4.99 Å². The molecular formula is C16H14N2O2. The highest BCUT2D eigenvalue weighted by molar-refractivity contribution is 5.50. The lowest BCUT2D eigenvalue weighted by molar-refractivity contribution is 0.422. The molecule has 0 bridgehead atoms. The zero-order chi connectivity index (χ0) is 14.4. The van der Waals surface area contributed by atoms with Crippen LogP contribution in [0.15, 0.2) is 66.0 Å². The zero-order valence-corrected chi connectivity index (χ0v) is 10.8. The number of benzene rings is 2. The van der Waals surface area contributed by atoms with E-state index in [4.69, 9.17) is 5.11 Å². The summed E-state index contributed by atoms with van der Waals surface area (Å²) < 4.78 is 0. The molecule has 0 heterocycles. The van der Waals surface area contributed by atoms with Gasteiger partial charge in [0.15, 0.2) is 5.88 Å². The molecule has 2 rings (SSSR count). The molecule has 0 radical (unpaired) electrons. The van der Waals surface area contributed by atoms with Gasteiger partial charge in [-0.1, -0.05) is 24.3 Å². The maximum absolute atomic E-state index is 10.1. The summed E-state index contributed by atoms with van der Waals surface area (Å²) >= 11 is 0. The van der Waals surface area contributed by atoms with Gasteiger partial charge in [-0.25, -0.2) is 4.79 Å². The van der Waals surface area contributed by atoms with E-state index in [0.717, 1.165) is 23.2 Å². The molecule has 20 heavy (non-hydrogen) atoms. The molecular weight excluding hydrogens is 252 g/mol. The molecule has 0 aliphatic heterocycles. The smallest absolute Gasteiger partial charge is 0.240 e. The molecule has 0 aromatic heterocycles. The highest BCUT2D eigenvalue weighted by Crippen LogP contribution is 2.17. The predicted octanol–water partition coefficient (Wildman–Crippen LogP) is 3.69. The SMILES string of the molecule is C=C(O)Nc1ccc(Cc2ccc(N=C=O)cc2)cc1. The Morgan fingerprint density at radius 3 is 2.15 bits per heavy atom. The maximum atomic E-state index is 10.1. The topological polar surface area (TPSA) is 61.7 Å². The summed E-state index contributed by atoms with van der Waals surface area (Å²) in [6, 6.07) is 15.1. The van der Waals surface area contributed by atoms with Gasteiger partial charge in [0.25, 0.3) is 0 Å². The van der Waals surface area contributed by atoms with Crippen molar-refractivity contribution in [3.8, 4) is 0 Å². The Bertz CT molecular complexity index is 639. The first kappa shape index (κ1) is 13.6. The lowest BCUT2D eigenvalue weighted by Crippen LogP contribution is -1.96. The van der Waals surface area contributed by atoms with Gasteiger partial charge >= 0.3 is 0 Å². The van der Waals surface area contributed by atoms with Crippen molar-refractivity contribution in [1.82, 2.24) is 0 Å². The fourth-order valence-corrected chi connectivity index (χ4v) is 1.85. The minimum atomic E-state index is -0.0796. The second-order valence-corrected chi connectivity index (χ2v) is 4.31. The van der Waals surface area contributed by atoms with E-state index < -0.39 is 0 Å². The van der Waals surface area contributed by atoms with E-state index in [1.807, 2.05) is 36.4 Å². The van der Waals surface area contributed by atoms with Gasteiger partial charge in [0.2, 0.25) is 6.08 Å². The number of carbonyl (C=O) groups excluding carboxylic acids is 1. The molecule has 4 nitrogen and oxygen atoms in total. The number of anilines is 1. The van der Waals surface area contributed by atoms with E-state index in [2.05, 4.69) is 16.9 Å². The van der Waals surface area contributed by atoms with Crippen molar-refractivity contribution in [3.63, 3.8) is 0 Å². The number of rotatable bonds is 5. The van der Waals surface area contributed by atoms with Crippen LogP contribution in [0.4, 0.5) is 11.4 Å². The predicted molar refractivity (Wildman–Crippen MR) is 78.9 cm³/mol. The number of aliphatic hydroxyl groups excluding tert-OH is 1. The minimum Gasteiger partial charge on any atom is -0.495 e. The normalized spacial score (nSPS) is 9.60. The van der Waals surface area contributed by atoms with Crippen LogP contribution in [0.5, 0.6) is 0 Å². The van der Waals surface area contributed by atoms with Crippen molar-refractivity contribution < 1.29 is 9.90 Å². The molecule has 0 aliphatic rings. The van der Waals surface area contributed by atoms with Gasteiger partial charge in [0, 0.05) is 5.69 Å². The van der Waals surface area contributed by atoms with Crippen LogP contribution in [0.2, 0.25) is 0 Å². The van der Waals surface area contributed by atoms with Gasteiger partial charge in [-0.3, -0.25) is 0 Å². The van der Waals surface area contributed by atoms with Crippen LogP contribution in [-0.4, -0.2) is 11.2 Å². The first-order valence-corrected chi connectivity index (χ1v) is 6.08. The van der Waals surface area contributed by atoms with Crippen LogP contribution < -0.4 is 5.32 Å². The molecule has 0 unspecified atom stereocenters. The molecule has 0 amide bonds. The van der Waals surface area contributed by atoms with E-state index in [0.29, 0.717) is 5.69 Å². The quantitative estimate of drug-likeness (QED) is 0.493. The summed E-state index contributed by atoms with van der Waals surface area (Å²) in [5, 5.41) is 11.8. The molecule has 4 heteroatoms. The number of aliphatic imine (C=N–C) groups is 1. The van der Waals surface area contributed by atoms with E-state index in [9.17, 15) is 4.79 Å². The third kappa shape index (κ3) is 3.83.